The Morgan fingerprint density at radius 3 is 2.31 bits per heavy atom. The second-order valence-electron chi connectivity index (χ2n) is 12.8. The molecule has 1 amide bonds. The van der Waals surface area contributed by atoms with E-state index in [0.29, 0.717) is 30.1 Å². The number of carboxylic acids is 1. The third kappa shape index (κ3) is 6.19. The monoisotopic (exact) mass is 619 g/mol. The van der Waals surface area contributed by atoms with Crippen molar-refractivity contribution in [3.8, 4) is 16.9 Å². The summed E-state index contributed by atoms with van der Waals surface area (Å²) in [6, 6.07) is 15.4. The Morgan fingerprint density at radius 1 is 1.00 bits per heavy atom. The number of aromatic nitrogens is 1. The zero-order chi connectivity index (χ0) is 32.0. The predicted octanol–water partition coefficient (Wildman–Crippen LogP) is 7.27. The van der Waals surface area contributed by atoms with Crippen LogP contribution in [0.15, 0.2) is 48.5 Å². The highest BCUT2D eigenvalue weighted by molar-refractivity contribution is 5.76. The van der Waals surface area contributed by atoms with Crippen molar-refractivity contribution in [3.05, 3.63) is 76.5 Å². The number of cyclic esters (lactones) is 1. The Bertz CT molecular complexity index is 1590. The summed E-state index contributed by atoms with van der Waals surface area (Å²) in [5.74, 6) is -2.57. The molecule has 45 heavy (non-hydrogen) atoms. The lowest BCUT2D eigenvalue weighted by Crippen LogP contribution is -2.56. The van der Waals surface area contributed by atoms with Crippen LogP contribution in [-0.4, -0.2) is 59.2 Å². The molecular formula is C35H39F2N3O5. The van der Waals surface area contributed by atoms with Crippen LogP contribution in [0.3, 0.4) is 0 Å². The van der Waals surface area contributed by atoms with Gasteiger partial charge >= 0.3 is 12.1 Å². The Kier molecular flexibility index (Phi) is 8.18. The molecule has 1 saturated carbocycles. The highest BCUT2D eigenvalue weighted by Crippen LogP contribution is 2.42. The quantitative estimate of drug-likeness (QED) is 0.284. The molecule has 2 aliphatic heterocycles. The fraction of sp³-hybridized carbons (Fsp3) is 0.457. The van der Waals surface area contributed by atoms with E-state index in [1.54, 1.807) is 18.1 Å². The van der Waals surface area contributed by atoms with Gasteiger partial charge in [-0.3, -0.25) is 9.69 Å². The van der Waals surface area contributed by atoms with Crippen LogP contribution in [0.4, 0.5) is 19.4 Å². The van der Waals surface area contributed by atoms with Crippen LogP contribution >= 0.6 is 0 Å². The lowest BCUT2D eigenvalue weighted by molar-refractivity contribution is -0.142. The van der Waals surface area contributed by atoms with Gasteiger partial charge in [-0.05, 0) is 87.8 Å². The van der Waals surface area contributed by atoms with Gasteiger partial charge in [0, 0.05) is 11.1 Å². The summed E-state index contributed by atoms with van der Waals surface area (Å²) in [5.41, 5.74) is 6.24. The number of rotatable bonds is 8. The molecule has 8 nitrogen and oxygen atoms in total. The number of benzene rings is 2. The minimum absolute atomic E-state index is 0.117. The first-order valence-electron chi connectivity index (χ1n) is 15.5. The molecule has 3 heterocycles. The van der Waals surface area contributed by atoms with E-state index in [0.717, 1.165) is 46.2 Å². The van der Waals surface area contributed by atoms with Crippen molar-refractivity contribution in [2.45, 2.75) is 77.0 Å². The number of alkyl halides is 2. The number of aryl methyl sites for hydroxylation is 2. The molecule has 1 N–H and O–H groups in total. The van der Waals surface area contributed by atoms with Crippen molar-refractivity contribution in [2.24, 2.45) is 5.92 Å². The zero-order valence-electron chi connectivity index (χ0n) is 26.1. The highest BCUT2D eigenvalue weighted by Gasteiger charge is 2.45. The number of pyridine rings is 1. The van der Waals surface area contributed by atoms with Gasteiger partial charge in [-0.1, -0.05) is 35.4 Å². The molecule has 10 heteroatoms. The molecule has 2 atom stereocenters. The highest BCUT2D eigenvalue weighted by atomic mass is 19.3. The van der Waals surface area contributed by atoms with Crippen molar-refractivity contribution >= 4 is 17.9 Å². The number of aliphatic carboxylic acids is 1. The van der Waals surface area contributed by atoms with Crippen molar-refractivity contribution in [3.63, 3.8) is 0 Å². The number of methoxy groups -OCH3 is 1. The van der Waals surface area contributed by atoms with Gasteiger partial charge in [-0.15, -0.1) is 0 Å². The van der Waals surface area contributed by atoms with Crippen molar-refractivity contribution in [2.75, 3.05) is 25.1 Å². The second kappa shape index (κ2) is 11.9. The maximum atomic E-state index is 13.8. The maximum Gasteiger partial charge on any atom is 0.411 e. The van der Waals surface area contributed by atoms with Crippen LogP contribution in [0.25, 0.3) is 11.1 Å². The first-order chi connectivity index (χ1) is 21.4. The number of halogens is 2. The number of ether oxygens (including phenoxy) is 2. The van der Waals surface area contributed by atoms with E-state index >= 15 is 0 Å². The van der Waals surface area contributed by atoms with E-state index in [9.17, 15) is 23.5 Å². The summed E-state index contributed by atoms with van der Waals surface area (Å²) < 4.78 is 39.3. The van der Waals surface area contributed by atoms with Crippen LogP contribution in [-0.2, 0) is 16.1 Å². The van der Waals surface area contributed by atoms with Gasteiger partial charge in [-0.2, -0.15) is 0 Å². The predicted molar refractivity (Wildman–Crippen MR) is 166 cm³/mol. The molecule has 0 unspecified atom stereocenters. The number of carbonyl (C=O) groups is 2. The minimum Gasteiger partial charge on any atom is -0.496 e. The summed E-state index contributed by atoms with van der Waals surface area (Å²) in [4.78, 5) is 32.9. The summed E-state index contributed by atoms with van der Waals surface area (Å²) in [6.07, 6.45) is 1.87. The van der Waals surface area contributed by atoms with E-state index in [4.69, 9.17) is 14.5 Å². The van der Waals surface area contributed by atoms with Gasteiger partial charge < -0.3 is 19.5 Å². The molecule has 0 spiro atoms. The van der Waals surface area contributed by atoms with Gasteiger partial charge in [0.25, 0.3) is 5.92 Å². The Balaban J connectivity index is 1.35. The van der Waals surface area contributed by atoms with Crippen molar-refractivity contribution in [1.29, 1.82) is 0 Å². The van der Waals surface area contributed by atoms with Crippen LogP contribution in [0.5, 0.6) is 5.75 Å². The van der Waals surface area contributed by atoms with Gasteiger partial charge in [0.05, 0.1) is 44.4 Å². The topological polar surface area (TPSA) is 92.2 Å². The molecule has 1 aromatic heterocycles. The molecule has 1 aliphatic carbocycles. The second-order valence-corrected chi connectivity index (χ2v) is 12.8. The number of carbonyl (C=O) groups excluding carboxylic acids is 1. The summed E-state index contributed by atoms with van der Waals surface area (Å²) in [7, 11) is 1.59. The van der Waals surface area contributed by atoms with Gasteiger partial charge in [0.1, 0.15) is 17.7 Å². The molecule has 3 fully saturated rings. The average Bonchev–Trinajstić information content (AvgIpc) is 3.27. The number of hydrogen-bond acceptors (Lipinski definition) is 6. The Hall–Kier alpha value is -4.21. The van der Waals surface area contributed by atoms with E-state index in [2.05, 4.69) is 12.1 Å². The van der Waals surface area contributed by atoms with Crippen LogP contribution in [0.2, 0.25) is 0 Å². The lowest BCUT2D eigenvalue weighted by Gasteiger charge is -2.39. The molecule has 0 radical (unpaired) electrons. The molecule has 238 valence electrons. The largest absolute Gasteiger partial charge is 0.496 e. The first kappa shape index (κ1) is 30.8. The van der Waals surface area contributed by atoms with Crippen LogP contribution < -0.4 is 9.64 Å². The standard InChI is InChI=1S/C35H39F2N3O5/c1-20-13-21(2)15-26(14-20)32-22(3)40(34(43)45-32)17-29-27(10-12-31(38-29)39-18-35(36,37)19-39)28-16-25(9-11-30(28)44-4)23-5-7-24(8-6-23)33(41)42/h9-16,22-24,32H,5-8,17-19H2,1-4H3,(H,41,42)/t22-,23-,24-,32-/m0/s1. The van der Waals surface area contributed by atoms with E-state index < -0.39 is 37.2 Å². The normalized spacial score (nSPS) is 24.3. The SMILES string of the molecule is COc1ccc([C@H]2CC[C@H](C(=O)O)CC2)cc1-c1ccc(N2CC(F)(F)C2)nc1CN1C(=O)O[C@H](c2cc(C)cc(C)c2)[C@@H]1C. The Labute approximate surface area is 262 Å². The number of hydrogen-bond donors (Lipinski definition) is 1. The third-order valence-electron chi connectivity index (χ3n) is 9.47. The fourth-order valence-corrected chi connectivity index (χ4v) is 7.06. The number of carboxylic acid groups (broad SMARTS) is 1. The maximum absolute atomic E-state index is 13.8. The van der Waals surface area contributed by atoms with Crippen LogP contribution in [0.1, 0.15) is 72.6 Å². The van der Waals surface area contributed by atoms with Gasteiger partial charge in [0.2, 0.25) is 0 Å². The summed E-state index contributed by atoms with van der Waals surface area (Å²) in [5, 5.41) is 9.45. The number of anilines is 1. The van der Waals surface area contributed by atoms with Crippen molar-refractivity contribution < 1.29 is 33.0 Å². The molecule has 3 aromatic rings. The number of amides is 1. The molecule has 2 aromatic carbocycles. The summed E-state index contributed by atoms with van der Waals surface area (Å²) in [6.45, 7) is 5.26. The fourth-order valence-electron chi connectivity index (χ4n) is 7.06. The molecule has 2 saturated heterocycles. The van der Waals surface area contributed by atoms with Gasteiger partial charge in [0.15, 0.2) is 0 Å². The molecule has 3 aliphatic rings. The van der Waals surface area contributed by atoms with Crippen molar-refractivity contribution in [1.82, 2.24) is 9.88 Å². The van der Waals surface area contributed by atoms with Crippen LogP contribution in [0, 0.1) is 19.8 Å². The van der Waals surface area contributed by atoms with E-state index in [1.165, 1.54) is 4.90 Å². The van der Waals surface area contributed by atoms with E-state index in [-0.39, 0.29) is 24.4 Å². The summed E-state index contributed by atoms with van der Waals surface area (Å²) >= 11 is 0. The lowest BCUT2D eigenvalue weighted by atomic mass is 9.78. The molecule has 0 bridgehead atoms. The average molecular weight is 620 g/mol. The third-order valence-corrected chi connectivity index (χ3v) is 9.47. The molecule has 6 rings (SSSR count). The zero-order valence-corrected chi connectivity index (χ0v) is 26.1. The molecular weight excluding hydrogens is 580 g/mol. The minimum atomic E-state index is -2.76. The van der Waals surface area contributed by atoms with Gasteiger partial charge in [-0.25, -0.2) is 18.6 Å². The number of nitrogens with zero attached hydrogens (tertiary/aromatic N) is 3. The Morgan fingerprint density at radius 2 is 1.69 bits per heavy atom. The first-order valence-corrected chi connectivity index (χ1v) is 15.5. The smallest absolute Gasteiger partial charge is 0.411 e. The van der Waals surface area contributed by atoms with E-state index in [1.807, 2.05) is 51.1 Å².